The predicted molar refractivity (Wildman–Crippen MR) is 81.6 cm³/mol. The molecule has 2 rings (SSSR count). The van der Waals surface area contributed by atoms with Crippen LogP contribution in [0, 0.1) is 12.8 Å². The van der Waals surface area contributed by atoms with E-state index >= 15 is 0 Å². The summed E-state index contributed by atoms with van der Waals surface area (Å²) >= 11 is 0. The Bertz CT molecular complexity index is 399. The fourth-order valence-electron chi connectivity index (χ4n) is 2.68. The van der Waals surface area contributed by atoms with E-state index in [9.17, 15) is 0 Å². The number of aromatic nitrogens is 1. The molecule has 1 saturated carbocycles. The Kier molecular flexibility index (Phi) is 5.20. The number of hydrogen-bond donors (Lipinski definition) is 1. The summed E-state index contributed by atoms with van der Waals surface area (Å²) in [6.07, 6.45) is 6.23. The molecular weight excluding hydrogens is 234 g/mol. The molecule has 1 aliphatic carbocycles. The Morgan fingerprint density at radius 1 is 1.37 bits per heavy atom. The normalized spacial score (nSPS) is 15.3. The molecule has 19 heavy (non-hydrogen) atoms. The molecule has 3 nitrogen and oxygen atoms in total. The van der Waals surface area contributed by atoms with Crippen LogP contribution in [0.15, 0.2) is 12.3 Å². The summed E-state index contributed by atoms with van der Waals surface area (Å²) < 4.78 is 0. The number of rotatable bonds is 7. The van der Waals surface area contributed by atoms with Gasteiger partial charge in [0.05, 0.1) is 0 Å². The first-order chi connectivity index (χ1) is 9.24. The van der Waals surface area contributed by atoms with Crippen LogP contribution in [-0.2, 0) is 6.54 Å². The maximum absolute atomic E-state index is 4.70. The molecule has 0 saturated heterocycles. The zero-order valence-electron chi connectivity index (χ0n) is 12.6. The predicted octanol–water partition coefficient (Wildman–Crippen LogP) is 3.13. The minimum absolute atomic E-state index is 0.891. The van der Waals surface area contributed by atoms with Crippen LogP contribution in [0.25, 0.3) is 0 Å². The molecule has 1 aliphatic rings. The lowest BCUT2D eigenvalue weighted by atomic mass is 9.85. The maximum atomic E-state index is 4.70. The van der Waals surface area contributed by atoms with Gasteiger partial charge in [-0.15, -0.1) is 0 Å². The summed E-state index contributed by atoms with van der Waals surface area (Å²) in [5.74, 6) is 2.07. The second kappa shape index (κ2) is 6.90. The molecule has 0 radical (unpaired) electrons. The smallest absolute Gasteiger partial charge is 0.131 e. The van der Waals surface area contributed by atoms with Gasteiger partial charge in [0.15, 0.2) is 0 Å². The van der Waals surface area contributed by atoms with Gasteiger partial charge in [0.25, 0.3) is 0 Å². The van der Waals surface area contributed by atoms with E-state index in [-0.39, 0.29) is 0 Å². The van der Waals surface area contributed by atoms with E-state index in [1.807, 2.05) is 6.20 Å². The Morgan fingerprint density at radius 2 is 2.16 bits per heavy atom. The van der Waals surface area contributed by atoms with E-state index in [0.29, 0.717) is 0 Å². The van der Waals surface area contributed by atoms with Gasteiger partial charge in [-0.1, -0.05) is 13.3 Å². The molecule has 1 fully saturated rings. The number of aryl methyl sites for hydroxylation is 1. The lowest BCUT2D eigenvalue weighted by Crippen LogP contribution is -2.33. The highest BCUT2D eigenvalue weighted by atomic mass is 15.2. The first kappa shape index (κ1) is 14.3. The standard InChI is InChI=1S/C16H27N3/c1-4-17-10-15-9-13(3)16(18-11-15)19(5-2)12-14-7-6-8-14/h9,11,14,17H,4-8,10,12H2,1-3H3. The monoisotopic (exact) mass is 261 g/mol. The lowest BCUT2D eigenvalue weighted by Gasteiger charge is -2.33. The van der Waals surface area contributed by atoms with Crippen molar-refractivity contribution in [2.24, 2.45) is 5.92 Å². The van der Waals surface area contributed by atoms with Crippen molar-refractivity contribution in [2.45, 2.75) is 46.6 Å². The van der Waals surface area contributed by atoms with Crippen molar-refractivity contribution in [3.8, 4) is 0 Å². The van der Waals surface area contributed by atoms with Crippen LogP contribution in [0.2, 0.25) is 0 Å². The number of hydrogen-bond acceptors (Lipinski definition) is 3. The molecule has 0 amide bonds. The van der Waals surface area contributed by atoms with Crippen molar-refractivity contribution >= 4 is 5.82 Å². The third kappa shape index (κ3) is 3.69. The van der Waals surface area contributed by atoms with Crippen LogP contribution in [0.4, 0.5) is 5.82 Å². The highest BCUT2D eigenvalue weighted by Crippen LogP contribution is 2.29. The van der Waals surface area contributed by atoms with Crippen molar-refractivity contribution < 1.29 is 0 Å². The fourth-order valence-corrected chi connectivity index (χ4v) is 2.68. The summed E-state index contributed by atoms with van der Waals surface area (Å²) in [5.41, 5.74) is 2.58. The Hall–Kier alpha value is -1.09. The van der Waals surface area contributed by atoms with Crippen molar-refractivity contribution in [1.82, 2.24) is 10.3 Å². The zero-order chi connectivity index (χ0) is 13.7. The molecule has 0 aromatic carbocycles. The van der Waals surface area contributed by atoms with Gasteiger partial charge >= 0.3 is 0 Å². The molecule has 106 valence electrons. The summed E-state index contributed by atoms with van der Waals surface area (Å²) in [6, 6.07) is 2.27. The van der Waals surface area contributed by atoms with Crippen molar-refractivity contribution in [3.05, 3.63) is 23.4 Å². The molecule has 0 bridgehead atoms. The first-order valence-electron chi connectivity index (χ1n) is 7.65. The summed E-state index contributed by atoms with van der Waals surface area (Å²) in [4.78, 5) is 7.14. The highest BCUT2D eigenvalue weighted by molar-refractivity contribution is 5.47. The van der Waals surface area contributed by atoms with Gasteiger partial charge in [0.1, 0.15) is 5.82 Å². The summed E-state index contributed by atoms with van der Waals surface area (Å²) in [7, 11) is 0. The number of pyridine rings is 1. The molecule has 0 aliphatic heterocycles. The van der Waals surface area contributed by atoms with Gasteiger partial charge in [0, 0.05) is 25.8 Å². The van der Waals surface area contributed by atoms with Crippen LogP contribution in [0.5, 0.6) is 0 Å². The topological polar surface area (TPSA) is 28.2 Å². The third-order valence-corrected chi connectivity index (χ3v) is 4.07. The van der Waals surface area contributed by atoms with E-state index in [4.69, 9.17) is 4.98 Å². The second-order valence-electron chi connectivity index (χ2n) is 5.60. The molecule has 3 heteroatoms. The Morgan fingerprint density at radius 3 is 2.68 bits per heavy atom. The quantitative estimate of drug-likeness (QED) is 0.817. The number of nitrogens with one attached hydrogen (secondary N) is 1. The highest BCUT2D eigenvalue weighted by Gasteiger charge is 2.21. The van der Waals surface area contributed by atoms with Gasteiger partial charge < -0.3 is 10.2 Å². The molecule has 0 atom stereocenters. The molecule has 0 unspecified atom stereocenters. The molecule has 1 heterocycles. The van der Waals surface area contributed by atoms with Gasteiger partial charge in [-0.2, -0.15) is 0 Å². The molecule has 0 spiro atoms. The summed E-state index contributed by atoms with van der Waals surface area (Å²) in [6.45, 7) is 10.7. The maximum Gasteiger partial charge on any atom is 0.131 e. The second-order valence-corrected chi connectivity index (χ2v) is 5.60. The fraction of sp³-hybridized carbons (Fsp3) is 0.688. The van der Waals surface area contributed by atoms with E-state index in [0.717, 1.165) is 25.6 Å². The molecule has 1 aromatic heterocycles. The van der Waals surface area contributed by atoms with Crippen molar-refractivity contribution in [2.75, 3.05) is 24.5 Å². The largest absolute Gasteiger partial charge is 0.356 e. The van der Waals surface area contributed by atoms with Crippen LogP contribution in [-0.4, -0.2) is 24.6 Å². The minimum Gasteiger partial charge on any atom is -0.356 e. The van der Waals surface area contributed by atoms with Crippen LogP contribution < -0.4 is 10.2 Å². The van der Waals surface area contributed by atoms with Gasteiger partial charge in [-0.3, -0.25) is 0 Å². The van der Waals surface area contributed by atoms with E-state index < -0.39 is 0 Å². The molecule has 1 aromatic rings. The van der Waals surface area contributed by atoms with E-state index in [2.05, 4.69) is 37.1 Å². The average molecular weight is 261 g/mol. The lowest BCUT2D eigenvalue weighted by molar-refractivity contribution is 0.318. The number of anilines is 1. The minimum atomic E-state index is 0.891. The van der Waals surface area contributed by atoms with Crippen LogP contribution in [0.3, 0.4) is 0 Å². The van der Waals surface area contributed by atoms with Crippen LogP contribution in [0.1, 0.15) is 44.2 Å². The summed E-state index contributed by atoms with van der Waals surface area (Å²) in [5, 5.41) is 3.35. The van der Waals surface area contributed by atoms with E-state index in [1.165, 1.54) is 42.8 Å². The Labute approximate surface area is 117 Å². The van der Waals surface area contributed by atoms with E-state index in [1.54, 1.807) is 0 Å². The van der Waals surface area contributed by atoms with Crippen LogP contribution >= 0.6 is 0 Å². The first-order valence-corrected chi connectivity index (χ1v) is 7.65. The SMILES string of the molecule is CCNCc1cnc(N(CC)CC2CCC2)c(C)c1. The Balaban J connectivity index is 2.04. The zero-order valence-corrected chi connectivity index (χ0v) is 12.6. The third-order valence-electron chi connectivity index (χ3n) is 4.07. The number of nitrogens with zero attached hydrogens (tertiary/aromatic N) is 2. The van der Waals surface area contributed by atoms with Gasteiger partial charge in [0.2, 0.25) is 0 Å². The van der Waals surface area contributed by atoms with Crippen molar-refractivity contribution in [1.29, 1.82) is 0 Å². The average Bonchev–Trinajstić information content (AvgIpc) is 2.36. The molecule has 1 N–H and O–H groups in total. The van der Waals surface area contributed by atoms with Gasteiger partial charge in [-0.05, 0) is 56.3 Å². The van der Waals surface area contributed by atoms with Gasteiger partial charge in [-0.25, -0.2) is 4.98 Å². The molecular formula is C16H27N3. The van der Waals surface area contributed by atoms with Crippen molar-refractivity contribution in [3.63, 3.8) is 0 Å².